The highest BCUT2D eigenvalue weighted by Gasteiger charge is 2.44. The van der Waals surface area contributed by atoms with Gasteiger partial charge in [-0.05, 0) is 67.6 Å². The topological polar surface area (TPSA) is 201 Å². The van der Waals surface area contributed by atoms with Gasteiger partial charge in [-0.25, -0.2) is 4.39 Å². The predicted octanol–water partition coefficient (Wildman–Crippen LogP) is 8.01. The standard InChI is InChI=1S/C49H79FN2O10S/c1-2-3-4-5-6-7-8-9-10-14-17-20-23-41(53)45(56)40(33-60-49-48(59)47(58)46(57)42(62-49)34-63-35-43(51)54)52-44(55)24-21-18-15-12-11-13-16-19-22-36-25-29-38(30-26-36)61-39-31-27-37(50)28-32-39/h25-32,40-42,45-49,53,56-59H,2-24,33-35H2,1H3,(H2,51,54)(H,52,55)/t40-,41+,42?,45-,46-,47-,48?,49-/m0/s1. The van der Waals surface area contributed by atoms with Crippen molar-refractivity contribution in [1.29, 1.82) is 0 Å². The molecule has 1 aliphatic heterocycles. The van der Waals surface area contributed by atoms with Gasteiger partial charge in [0.05, 0.1) is 30.6 Å². The van der Waals surface area contributed by atoms with E-state index in [2.05, 4.69) is 24.4 Å². The molecule has 0 saturated carbocycles. The van der Waals surface area contributed by atoms with Gasteiger partial charge < -0.3 is 50.8 Å². The molecule has 0 spiro atoms. The molecular formula is C49H79FN2O10S. The van der Waals surface area contributed by atoms with Crippen LogP contribution in [0.5, 0.6) is 11.5 Å². The molecule has 12 nitrogen and oxygen atoms in total. The lowest BCUT2D eigenvalue weighted by atomic mass is 9.98. The first-order valence-electron chi connectivity index (χ1n) is 23.8. The Morgan fingerprint density at radius 2 is 1.25 bits per heavy atom. The highest BCUT2D eigenvalue weighted by atomic mass is 32.2. The number of ether oxygens (including phenoxy) is 3. The van der Waals surface area contributed by atoms with Crippen molar-refractivity contribution in [2.45, 2.75) is 204 Å². The van der Waals surface area contributed by atoms with Crippen molar-refractivity contribution >= 4 is 23.6 Å². The minimum Gasteiger partial charge on any atom is -0.457 e. The van der Waals surface area contributed by atoms with E-state index >= 15 is 0 Å². The van der Waals surface area contributed by atoms with Crippen LogP contribution in [-0.4, -0.2) is 104 Å². The minimum absolute atomic E-state index is 0.0227. The summed E-state index contributed by atoms with van der Waals surface area (Å²) in [5.41, 5.74) is 6.46. The average molecular weight is 907 g/mol. The van der Waals surface area contributed by atoms with E-state index in [9.17, 15) is 39.5 Å². The molecule has 1 saturated heterocycles. The molecule has 1 aliphatic rings. The second-order valence-electron chi connectivity index (χ2n) is 17.3. The number of aliphatic hydroxyl groups excluding tert-OH is 5. The lowest BCUT2D eigenvalue weighted by Crippen LogP contribution is -2.60. The first-order valence-corrected chi connectivity index (χ1v) is 25.0. The first-order chi connectivity index (χ1) is 30.5. The summed E-state index contributed by atoms with van der Waals surface area (Å²) >= 11 is 1.11. The molecule has 3 rings (SSSR count). The summed E-state index contributed by atoms with van der Waals surface area (Å²) in [5.74, 6) is 0.246. The third-order valence-corrected chi connectivity index (χ3v) is 12.8. The van der Waals surface area contributed by atoms with Crippen LogP contribution in [0.1, 0.15) is 154 Å². The Bertz CT molecular complexity index is 1490. The number of nitrogens with two attached hydrogens (primary N) is 1. The zero-order valence-corrected chi connectivity index (χ0v) is 38.6. The fourth-order valence-electron chi connectivity index (χ4n) is 7.84. The minimum atomic E-state index is -1.62. The molecule has 2 aromatic carbocycles. The molecule has 2 amide bonds. The highest BCUT2D eigenvalue weighted by molar-refractivity contribution is 7.99. The molecule has 0 radical (unpaired) electrons. The van der Waals surface area contributed by atoms with Crippen LogP contribution >= 0.6 is 11.8 Å². The smallest absolute Gasteiger partial charge is 0.227 e. The quantitative estimate of drug-likeness (QED) is 0.0327. The van der Waals surface area contributed by atoms with Crippen LogP contribution in [-0.2, 0) is 25.5 Å². The van der Waals surface area contributed by atoms with Gasteiger partial charge in [-0.2, -0.15) is 0 Å². The SMILES string of the molecule is CCCCCCCCCCCCCC[C@@H](O)[C@@H](O)[C@H](CO[C@H]1OC(CSCC(N)=O)[C@H](O)[C@H](O)C1O)NC(=O)CCCCCCCCCCc1ccc(Oc2ccc(F)cc2)cc1. The number of hydrogen-bond donors (Lipinski definition) is 7. The van der Waals surface area contributed by atoms with E-state index in [1.807, 2.05) is 12.1 Å². The van der Waals surface area contributed by atoms with Crippen molar-refractivity contribution in [1.82, 2.24) is 5.32 Å². The second kappa shape index (κ2) is 32.8. The van der Waals surface area contributed by atoms with Crippen molar-refractivity contribution in [2.75, 3.05) is 18.1 Å². The Kier molecular flexibility index (Phi) is 28.4. The Morgan fingerprint density at radius 3 is 1.83 bits per heavy atom. The van der Waals surface area contributed by atoms with E-state index in [0.717, 1.165) is 88.8 Å². The van der Waals surface area contributed by atoms with Gasteiger partial charge in [0.2, 0.25) is 11.8 Å². The van der Waals surface area contributed by atoms with Crippen molar-refractivity contribution in [3.8, 4) is 11.5 Å². The van der Waals surface area contributed by atoms with Crippen LogP contribution in [0.15, 0.2) is 48.5 Å². The number of amides is 2. The maximum Gasteiger partial charge on any atom is 0.227 e. The predicted molar refractivity (Wildman–Crippen MR) is 247 cm³/mol. The average Bonchev–Trinajstić information content (AvgIpc) is 3.27. The fourth-order valence-corrected chi connectivity index (χ4v) is 8.67. The normalized spacial score (nSPS) is 20.3. The van der Waals surface area contributed by atoms with Crippen molar-refractivity contribution in [3.05, 3.63) is 59.9 Å². The number of nitrogens with one attached hydrogen (secondary N) is 1. The zero-order valence-electron chi connectivity index (χ0n) is 37.8. The van der Waals surface area contributed by atoms with Crippen molar-refractivity contribution < 1.29 is 53.7 Å². The third kappa shape index (κ3) is 23.3. The summed E-state index contributed by atoms with van der Waals surface area (Å²) in [4.78, 5) is 24.4. The molecule has 1 heterocycles. The van der Waals surface area contributed by atoms with Crippen LogP contribution in [0, 0.1) is 5.82 Å². The third-order valence-electron chi connectivity index (χ3n) is 11.7. The van der Waals surface area contributed by atoms with Gasteiger partial charge in [-0.15, -0.1) is 11.8 Å². The number of halogens is 1. The molecule has 358 valence electrons. The maximum absolute atomic E-state index is 13.2. The zero-order chi connectivity index (χ0) is 45.7. The summed E-state index contributed by atoms with van der Waals surface area (Å²) in [6.07, 6.45) is 14.2. The number of carbonyl (C=O) groups is 2. The van der Waals surface area contributed by atoms with E-state index in [-0.39, 0.29) is 36.3 Å². The molecule has 14 heteroatoms. The van der Waals surface area contributed by atoms with Gasteiger partial charge in [0.15, 0.2) is 6.29 Å². The molecule has 8 atom stereocenters. The van der Waals surface area contributed by atoms with E-state index in [1.54, 1.807) is 12.1 Å². The maximum atomic E-state index is 13.2. The van der Waals surface area contributed by atoms with Crippen LogP contribution < -0.4 is 15.8 Å². The number of rotatable bonds is 36. The Hall–Kier alpha value is -2.82. The fraction of sp³-hybridized carbons (Fsp3) is 0.714. The summed E-state index contributed by atoms with van der Waals surface area (Å²) in [6, 6.07) is 12.9. The number of primary amides is 1. The Labute approximate surface area is 380 Å². The largest absolute Gasteiger partial charge is 0.457 e. The van der Waals surface area contributed by atoms with E-state index in [4.69, 9.17) is 19.9 Å². The monoisotopic (exact) mass is 907 g/mol. The molecule has 8 N–H and O–H groups in total. The van der Waals surface area contributed by atoms with Crippen molar-refractivity contribution in [2.24, 2.45) is 5.73 Å². The second-order valence-corrected chi connectivity index (χ2v) is 18.3. The van der Waals surface area contributed by atoms with Gasteiger partial charge in [0, 0.05) is 12.2 Å². The lowest BCUT2D eigenvalue weighted by molar-refractivity contribution is -0.294. The van der Waals surface area contributed by atoms with Crippen LogP contribution in [0.3, 0.4) is 0 Å². The van der Waals surface area contributed by atoms with Gasteiger partial charge >= 0.3 is 0 Å². The molecule has 2 unspecified atom stereocenters. The number of benzene rings is 2. The van der Waals surface area contributed by atoms with Crippen LogP contribution in [0.4, 0.5) is 4.39 Å². The first kappa shape index (κ1) is 54.5. The molecule has 1 fully saturated rings. The molecule has 2 aromatic rings. The van der Waals surface area contributed by atoms with E-state index < -0.39 is 54.9 Å². The lowest BCUT2D eigenvalue weighted by Gasteiger charge is -2.41. The van der Waals surface area contributed by atoms with E-state index in [1.165, 1.54) is 69.1 Å². The Balaban J connectivity index is 1.37. The number of aryl methyl sites for hydroxylation is 1. The molecule has 0 aliphatic carbocycles. The molecular weight excluding hydrogens is 828 g/mol. The number of thioether (sulfide) groups is 1. The number of aliphatic hydroxyl groups is 5. The highest BCUT2D eigenvalue weighted by Crippen LogP contribution is 2.26. The van der Waals surface area contributed by atoms with Gasteiger partial charge in [0.25, 0.3) is 0 Å². The summed E-state index contributed by atoms with van der Waals surface area (Å²) < 4.78 is 30.5. The summed E-state index contributed by atoms with van der Waals surface area (Å²) in [7, 11) is 0. The summed E-state index contributed by atoms with van der Waals surface area (Å²) in [5, 5.41) is 56.8. The van der Waals surface area contributed by atoms with Crippen molar-refractivity contribution in [3.63, 3.8) is 0 Å². The number of unbranched alkanes of at least 4 members (excludes halogenated alkanes) is 18. The summed E-state index contributed by atoms with van der Waals surface area (Å²) in [6.45, 7) is 1.90. The van der Waals surface area contributed by atoms with Gasteiger partial charge in [-0.1, -0.05) is 135 Å². The number of hydrogen-bond acceptors (Lipinski definition) is 11. The number of carbonyl (C=O) groups excluding carboxylic acids is 2. The van der Waals surface area contributed by atoms with Gasteiger partial charge in [0.1, 0.15) is 41.7 Å². The van der Waals surface area contributed by atoms with Gasteiger partial charge in [-0.3, -0.25) is 9.59 Å². The molecule has 63 heavy (non-hydrogen) atoms. The molecule has 0 aromatic heterocycles. The van der Waals surface area contributed by atoms with Crippen LogP contribution in [0.25, 0.3) is 0 Å². The van der Waals surface area contributed by atoms with Crippen LogP contribution in [0.2, 0.25) is 0 Å². The van der Waals surface area contributed by atoms with E-state index in [0.29, 0.717) is 24.3 Å². The Morgan fingerprint density at radius 1 is 0.730 bits per heavy atom. The molecule has 0 bridgehead atoms.